The van der Waals surface area contributed by atoms with Gasteiger partial charge in [0.1, 0.15) is 0 Å². The van der Waals surface area contributed by atoms with Crippen LogP contribution in [0.15, 0.2) is 0 Å². The standard InChI is InChI=1S/C21H36O2/c1-13(22)17-6-7-18-16-5-4-14-12-15(23)8-10-20(14,2)19(16)9-11-21(17,18)3/h13-19,22-23H,4-12H2,1-3H3/t13?,14-,15-,16+,17-,18+,19+,20+,21-/m1/s1. The van der Waals surface area contributed by atoms with Crippen LogP contribution < -0.4 is 0 Å². The lowest BCUT2D eigenvalue weighted by Gasteiger charge is -2.61. The maximum Gasteiger partial charge on any atom is 0.0545 e. The van der Waals surface area contributed by atoms with Crippen molar-refractivity contribution < 1.29 is 10.2 Å². The third-order valence-corrected chi connectivity index (χ3v) is 9.29. The molecule has 1 unspecified atom stereocenters. The van der Waals surface area contributed by atoms with Gasteiger partial charge < -0.3 is 10.2 Å². The fourth-order valence-electron chi connectivity index (χ4n) is 8.07. The van der Waals surface area contributed by atoms with Gasteiger partial charge >= 0.3 is 0 Å². The summed E-state index contributed by atoms with van der Waals surface area (Å²) >= 11 is 0. The molecule has 0 heterocycles. The van der Waals surface area contributed by atoms with Crippen molar-refractivity contribution in [3.05, 3.63) is 0 Å². The second-order valence-electron chi connectivity index (χ2n) is 10.1. The molecule has 0 bridgehead atoms. The Balaban J connectivity index is 1.60. The van der Waals surface area contributed by atoms with E-state index in [4.69, 9.17) is 0 Å². The van der Waals surface area contributed by atoms with Gasteiger partial charge in [0.2, 0.25) is 0 Å². The van der Waals surface area contributed by atoms with E-state index in [0.29, 0.717) is 16.7 Å². The van der Waals surface area contributed by atoms with E-state index in [1.807, 2.05) is 6.92 Å². The molecule has 0 amide bonds. The number of hydrogen-bond donors (Lipinski definition) is 2. The first-order valence-electron chi connectivity index (χ1n) is 10.2. The molecule has 0 aliphatic heterocycles. The van der Waals surface area contributed by atoms with E-state index in [9.17, 15) is 10.2 Å². The third kappa shape index (κ3) is 2.27. The van der Waals surface area contributed by atoms with Gasteiger partial charge in [0.25, 0.3) is 0 Å². The number of hydrogen-bond acceptors (Lipinski definition) is 2. The van der Waals surface area contributed by atoms with Crippen LogP contribution in [0, 0.1) is 40.4 Å². The minimum atomic E-state index is -0.140. The highest BCUT2D eigenvalue weighted by atomic mass is 16.3. The summed E-state index contributed by atoms with van der Waals surface area (Å²) in [6.07, 6.45) is 11.1. The van der Waals surface area contributed by atoms with Crippen LogP contribution in [0.4, 0.5) is 0 Å². The minimum absolute atomic E-state index is 0.0374. The molecule has 0 aromatic heterocycles. The van der Waals surface area contributed by atoms with Gasteiger partial charge in [-0.05, 0) is 105 Å². The summed E-state index contributed by atoms with van der Waals surface area (Å²) in [4.78, 5) is 0. The second kappa shape index (κ2) is 5.46. The Hall–Kier alpha value is -0.0800. The Morgan fingerprint density at radius 2 is 1.57 bits per heavy atom. The van der Waals surface area contributed by atoms with E-state index in [0.717, 1.165) is 36.5 Å². The van der Waals surface area contributed by atoms with Crippen LogP contribution in [-0.4, -0.2) is 22.4 Å². The highest BCUT2D eigenvalue weighted by Gasteiger charge is 2.60. The zero-order valence-corrected chi connectivity index (χ0v) is 15.3. The van der Waals surface area contributed by atoms with Gasteiger partial charge in [-0.15, -0.1) is 0 Å². The molecule has 2 N–H and O–H groups in total. The smallest absolute Gasteiger partial charge is 0.0545 e. The zero-order chi connectivity index (χ0) is 16.4. The normalized spacial score (nSPS) is 57.3. The van der Waals surface area contributed by atoms with Crippen LogP contribution in [0.1, 0.15) is 78.6 Å². The van der Waals surface area contributed by atoms with Crippen molar-refractivity contribution in [1.82, 2.24) is 0 Å². The van der Waals surface area contributed by atoms with Crippen LogP contribution in [0.5, 0.6) is 0 Å². The van der Waals surface area contributed by atoms with Crippen LogP contribution in [0.3, 0.4) is 0 Å². The number of aliphatic hydroxyl groups excluding tert-OH is 2. The van der Waals surface area contributed by atoms with E-state index < -0.39 is 0 Å². The third-order valence-electron chi connectivity index (χ3n) is 9.29. The van der Waals surface area contributed by atoms with E-state index in [-0.39, 0.29) is 12.2 Å². The first kappa shape index (κ1) is 16.4. The molecule has 0 saturated heterocycles. The Bertz CT molecular complexity index is 461. The first-order chi connectivity index (χ1) is 10.9. The van der Waals surface area contributed by atoms with Gasteiger partial charge in [0.05, 0.1) is 12.2 Å². The van der Waals surface area contributed by atoms with Gasteiger partial charge in [0.15, 0.2) is 0 Å². The van der Waals surface area contributed by atoms with E-state index in [1.54, 1.807) is 0 Å². The molecule has 4 aliphatic carbocycles. The summed E-state index contributed by atoms with van der Waals surface area (Å²) in [5, 5.41) is 20.4. The van der Waals surface area contributed by atoms with Gasteiger partial charge in [-0.25, -0.2) is 0 Å². The maximum absolute atomic E-state index is 10.3. The summed E-state index contributed by atoms with van der Waals surface area (Å²) in [6, 6.07) is 0. The predicted octanol–water partition coefficient (Wildman–Crippen LogP) is 4.39. The van der Waals surface area contributed by atoms with Gasteiger partial charge in [-0.1, -0.05) is 13.8 Å². The maximum atomic E-state index is 10.3. The highest BCUT2D eigenvalue weighted by Crippen LogP contribution is 2.67. The van der Waals surface area contributed by atoms with Gasteiger partial charge in [-0.3, -0.25) is 0 Å². The number of fused-ring (bicyclic) bond motifs is 5. The van der Waals surface area contributed by atoms with E-state index >= 15 is 0 Å². The van der Waals surface area contributed by atoms with Crippen molar-refractivity contribution >= 4 is 0 Å². The lowest BCUT2D eigenvalue weighted by Crippen LogP contribution is -2.54. The summed E-state index contributed by atoms with van der Waals surface area (Å²) in [6.45, 7) is 7.08. The molecule has 2 nitrogen and oxygen atoms in total. The van der Waals surface area contributed by atoms with E-state index in [2.05, 4.69) is 13.8 Å². The molecular formula is C21H36O2. The van der Waals surface area contributed by atoms with E-state index in [1.165, 1.54) is 44.9 Å². The molecule has 23 heavy (non-hydrogen) atoms. The van der Waals surface area contributed by atoms with Crippen molar-refractivity contribution in [1.29, 1.82) is 0 Å². The van der Waals surface area contributed by atoms with Crippen LogP contribution in [0.2, 0.25) is 0 Å². The van der Waals surface area contributed by atoms with Crippen molar-refractivity contribution in [3.63, 3.8) is 0 Å². The minimum Gasteiger partial charge on any atom is -0.393 e. The molecule has 132 valence electrons. The molecule has 0 aromatic carbocycles. The summed E-state index contributed by atoms with van der Waals surface area (Å²) in [5.74, 6) is 3.87. The Labute approximate surface area is 142 Å². The van der Waals surface area contributed by atoms with Gasteiger partial charge in [0, 0.05) is 0 Å². The second-order valence-corrected chi connectivity index (χ2v) is 10.1. The monoisotopic (exact) mass is 320 g/mol. The molecule has 9 atom stereocenters. The van der Waals surface area contributed by atoms with Crippen molar-refractivity contribution in [2.75, 3.05) is 0 Å². The summed E-state index contributed by atoms with van der Waals surface area (Å²) in [7, 11) is 0. The molecule has 0 spiro atoms. The largest absolute Gasteiger partial charge is 0.393 e. The first-order valence-corrected chi connectivity index (χ1v) is 10.2. The zero-order valence-electron chi connectivity index (χ0n) is 15.3. The lowest BCUT2D eigenvalue weighted by atomic mass is 9.44. The summed E-state index contributed by atoms with van der Waals surface area (Å²) in [5.41, 5.74) is 0.860. The van der Waals surface area contributed by atoms with Crippen LogP contribution in [-0.2, 0) is 0 Å². The molecular weight excluding hydrogens is 284 g/mol. The Kier molecular flexibility index (Phi) is 3.89. The molecule has 0 aromatic rings. The van der Waals surface area contributed by atoms with Crippen molar-refractivity contribution in [3.8, 4) is 0 Å². The number of aliphatic hydroxyl groups is 2. The topological polar surface area (TPSA) is 40.5 Å². The summed E-state index contributed by atoms with van der Waals surface area (Å²) < 4.78 is 0. The molecule has 4 rings (SSSR count). The van der Waals surface area contributed by atoms with Crippen molar-refractivity contribution in [2.24, 2.45) is 40.4 Å². The highest BCUT2D eigenvalue weighted by molar-refractivity contribution is 5.09. The van der Waals surface area contributed by atoms with Crippen LogP contribution >= 0.6 is 0 Å². The number of rotatable bonds is 1. The molecule has 4 fully saturated rings. The lowest BCUT2D eigenvalue weighted by molar-refractivity contribution is -0.132. The fourth-order valence-corrected chi connectivity index (χ4v) is 8.07. The average Bonchev–Trinajstić information content (AvgIpc) is 2.85. The fraction of sp³-hybridized carbons (Fsp3) is 1.00. The molecule has 4 saturated carbocycles. The average molecular weight is 321 g/mol. The quantitative estimate of drug-likeness (QED) is 0.752. The SMILES string of the molecule is CC(O)[C@H]1CC[C@H]2[C@@H]3CC[C@@H]4C[C@H](O)CC[C@]4(C)[C@H]3CC[C@]12C. The Morgan fingerprint density at radius 1 is 0.870 bits per heavy atom. The predicted molar refractivity (Wildman–Crippen MR) is 92.9 cm³/mol. The van der Waals surface area contributed by atoms with Gasteiger partial charge in [-0.2, -0.15) is 0 Å². The van der Waals surface area contributed by atoms with Crippen molar-refractivity contribution in [2.45, 2.75) is 90.8 Å². The Morgan fingerprint density at radius 3 is 2.30 bits per heavy atom. The molecule has 2 heteroatoms. The van der Waals surface area contributed by atoms with Crippen LogP contribution in [0.25, 0.3) is 0 Å². The molecule has 4 aliphatic rings. The molecule has 0 radical (unpaired) electrons.